The molecule has 2 aromatic carbocycles. The first-order valence-corrected chi connectivity index (χ1v) is 12.5. The van der Waals surface area contributed by atoms with Crippen molar-refractivity contribution in [3.63, 3.8) is 0 Å². The van der Waals surface area contributed by atoms with Gasteiger partial charge in [-0.15, -0.1) is 0 Å². The number of benzene rings is 2. The zero-order chi connectivity index (χ0) is 24.9. The fourth-order valence-corrected chi connectivity index (χ4v) is 5.96. The zero-order valence-corrected chi connectivity index (χ0v) is 20.7. The van der Waals surface area contributed by atoms with Crippen molar-refractivity contribution in [1.82, 2.24) is 4.31 Å². The fraction of sp³-hybridized carbons (Fsp3) is 0.458. The van der Waals surface area contributed by atoms with Gasteiger partial charge in [0, 0.05) is 37.5 Å². The van der Waals surface area contributed by atoms with Crippen molar-refractivity contribution in [2.24, 2.45) is 11.8 Å². The highest BCUT2D eigenvalue weighted by molar-refractivity contribution is 7.89. The number of ether oxygens (including phenoxy) is 3. The Bertz CT molecular complexity index is 1110. The molecule has 0 aromatic heterocycles. The first-order valence-electron chi connectivity index (χ1n) is 11.1. The highest BCUT2D eigenvalue weighted by Crippen LogP contribution is 2.32. The van der Waals surface area contributed by atoms with E-state index < -0.39 is 21.7 Å². The van der Waals surface area contributed by atoms with E-state index in [1.807, 2.05) is 13.8 Å². The third-order valence-corrected chi connectivity index (χ3v) is 7.47. The Morgan fingerprint density at radius 1 is 1.06 bits per heavy atom. The van der Waals surface area contributed by atoms with Crippen molar-refractivity contribution in [2.45, 2.75) is 25.2 Å². The maximum atomic E-state index is 14.3. The van der Waals surface area contributed by atoms with E-state index in [0.29, 0.717) is 19.7 Å². The minimum Gasteiger partial charge on any atom is -0.495 e. The molecule has 1 heterocycles. The van der Waals surface area contributed by atoms with Gasteiger partial charge in [0.25, 0.3) is 5.91 Å². The van der Waals surface area contributed by atoms with Crippen LogP contribution in [0.3, 0.4) is 0 Å². The minimum atomic E-state index is -3.88. The number of methoxy groups -OCH3 is 2. The number of nitrogens with one attached hydrogen (secondary N) is 1. The van der Waals surface area contributed by atoms with Gasteiger partial charge in [0.1, 0.15) is 17.3 Å². The monoisotopic (exact) mass is 494 g/mol. The Balaban J connectivity index is 1.82. The van der Waals surface area contributed by atoms with E-state index in [4.69, 9.17) is 14.2 Å². The average Bonchev–Trinajstić information content (AvgIpc) is 2.79. The van der Waals surface area contributed by atoms with Crippen molar-refractivity contribution in [3.8, 4) is 11.5 Å². The number of amides is 1. The summed E-state index contributed by atoms with van der Waals surface area (Å²) in [6.45, 7) is 5.36. The summed E-state index contributed by atoms with van der Waals surface area (Å²) in [7, 11) is -0.982. The standard InChI is InChI=1S/C24H31FN2O6S/c1-16-11-17(2)15-27(14-16)34(29,30)23-12-18(5-7-22(23)32-4)24(28)26-19-6-8-21(20(25)13-19)33-10-9-31-3/h5-8,12-13,16-17H,9-11,14-15H2,1-4H3,(H,26,28). The summed E-state index contributed by atoms with van der Waals surface area (Å²) < 4.78 is 58.0. The maximum absolute atomic E-state index is 14.3. The molecule has 1 fully saturated rings. The van der Waals surface area contributed by atoms with Gasteiger partial charge in [-0.2, -0.15) is 4.31 Å². The molecule has 0 aliphatic carbocycles. The number of sulfonamides is 1. The minimum absolute atomic E-state index is 0.0397. The van der Waals surface area contributed by atoms with Crippen LogP contribution in [0.15, 0.2) is 41.3 Å². The van der Waals surface area contributed by atoms with Gasteiger partial charge in [0.05, 0.1) is 13.7 Å². The second-order valence-electron chi connectivity index (χ2n) is 8.57. The van der Waals surface area contributed by atoms with E-state index >= 15 is 0 Å². The molecule has 1 saturated heterocycles. The lowest BCUT2D eigenvalue weighted by atomic mass is 9.94. The van der Waals surface area contributed by atoms with Gasteiger partial charge in [0.15, 0.2) is 11.6 Å². The molecule has 8 nitrogen and oxygen atoms in total. The Kier molecular flexibility index (Phi) is 8.51. The molecule has 2 atom stereocenters. The van der Waals surface area contributed by atoms with Crippen LogP contribution < -0.4 is 14.8 Å². The van der Waals surface area contributed by atoms with Crippen LogP contribution in [0.2, 0.25) is 0 Å². The normalized spacial score (nSPS) is 19.0. The quantitative estimate of drug-likeness (QED) is 0.534. The largest absolute Gasteiger partial charge is 0.495 e. The van der Waals surface area contributed by atoms with E-state index in [1.165, 1.54) is 48.9 Å². The highest BCUT2D eigenvalue weighted by atomic mass is 32.2. The molecule has 0 bridgehead atoms. The van der Waals surface area contributed by atoms with Gasteiger partial charge in [-0.05, 0) is 48.6 Å². The topological polar surface area (TPSA) is 94.2 Å². The van der Waals surface area contributed by atoms with Crippen LogP contribution in [0.5, 0.6) is 11.5 Å². The third kappa shape index (κ3) is 6.05. The summed E-state index contributed by atoms with van der Waals surface area (Å²) >= 11 is 0. The van der Waals surface area contributed by atoms with E-state index in [0.717, 1.165) is 12.5 Å². The van der Waals surface area contributed by atoms with Gasteiger partial charge in [-0.1, -0.05) is 13.8 Å². The van der Waals surface area contributed by atoms with Gasteiger partial charge in [0.2, 0.25) is 10.0 Å². The molecular formula is C24H31FN2O6S. The van der Waals surface area contributed by atoms with Gasteiger partial charge < -0.3 is 19.5 Å². The molecule has 2 unspecified atom stereocenters. The second-order valence-corrected chi connectivity index (χ2v) is 10.5. The smallest absolute Gasteiger partial charge is 0.255 e. The Labute approximate surface area is 200 Å². The Morgan fingerprint density at radius 2 is 1.74 bits per heavy atom. The van der Waals surface area contributed by atoms with E-state index in [9.17, 15) is 17.6 Å². The number of rotatable bonds is 9. The predicted molar refractivity (Wildman–Crippen MR) is 126 cm³/mol. The number of hydrogen-bond donors (Lipinski definition) is 1. The number of nitrogens with zero attached hydrogens (tertiary/aromatic N) is 1. The lowest BCUT2D eigenvalue weighted by molar-refractivity contribution is 0.102. The first-order chi connectivity index (χ1) is 16.1. The molecule has 34 heavy (non-hydrogen) atoms. The third-order valence-electron chi connectivity index (χ3n) is 5.61. The Morgan fingerprint density at radius 3 is 2.35 bits per heavy atom. The number of carbonyl (C=O) groups is 1. The molecule has 1 amide bonds. The van der Waals surface area contributed by atoms with Crippen molar-refractivity contribution >= 4 is 21.6 Å². The molecule has 1 aliphatic heterocycles. The first kappa shape index (κ1) is 25.9. The van der Waals surface area contributed by atoms with Crippen LogP contribution in [0.1, 0.15) is 30.6 Å². The summed E-state index contributed by atoms with van der Waals surface area (Å²) in [6, 6.07) is 8.26. The van der Waals surface area contributed by atoms with E-state index in [2.05, 4.69) is 5.32 Å². The fourth-order valence-electron chi connectivity index (χ4n) is 4.09. The zero-order valence-electron chi connectivity index (χ0n) is 19.8. The lowest BCUT2D eigenvalue weighted by Gasteiger charge is -2.34. The molecular weight excluding hydrogens is 463 g/mol. The SMILES string of the molecule is COCCOc1ccc(NC(=O)c2ccc(OC)c(S(=O)(=O)N3CC(C)CC(C)C3)c2)cc1F. The summed E-state index contributed by atoms with van der Waals surface area (Å²) in [5.41, 5.74) is 0.318. The lowest BCUT2D eigenvalue weighted by Crippen LogP contribution is -2.42. The number of anilines is 1. The van der Waals surface area contributed by atoms with E-state index in [-0.39, 0.29) is 46.1 Å². The number of carbonyl (C=O) groups excluding carboxylic acids is 1. The van der Waals surface area contributed by atoms with Crippen molar-refractivity contribution in [1.29, 1.82) is 0 Å². The molecule has 3 rings (SSSR count). The number of halogens is 1. The van der Waals surface area contributed by atoms with Crippen LogP contribution in [0.25, 0.3) is 0 Å². The molecule has 1 N–H and O–H groups in total. The maximum Gasteiger partial charge on any atom is 0.255 e. The molecule has 0 radical (unpaired) electrons. The average molecular weight is 495 g/mol. The molecule has 2 aromatic rings. The van der Waals surface area contributed by atoms with Gasteiger partial charge >= 0.3 is 0 Å². The van der Waals surface area contributed by atoms with Gasteiger partial charge in [-0.3, -0.25) is 4.79 Å². The summed E-state index contributed by atoms with van der Waals surface area (Å²) in [4.78, 5) is 12.8. The molecule has 0 spiro atoms. The van der Waals surface area contributed by atoms with Crippen LogP contribution in [0.4, 0.5) is 10.1 Å². The van der Waals surface area contributed by atoms with Gasteiger partial charge in [-0.25, -0.2) is 12.8 Å². The Hall–Kier alpha value is -2.69. The molecule has 10 heteroatoms. The highest BCUT2D eigenvalue weighted by Gasteiger charge is 2.34. The van der Waals surface area contributed by atoms with Crippen LogP contribution in [-0.2, 0) is 14.8 Å². The number of hydrogen-bond acceptors (Lipinski definition) is 6. The molecule has 0 saturated carbocycles. The van der Waals surface area contributed by atoms with Crippen molar-refractivity contribution in [2.75, 3.05) is 45.8 Å². The second kappa shape index (κ2) is 11.2. The van der Waals surface area contributed by atoms with Crippen molar-refractivity contribution in [3.05, 3.63) is 47.8 Å². The summed E-state index contributed by atoms with van der Waals surface area (Å²) in [5.74, 6) is -0.559. The number of piperidine rings is 1. The van der Waals surface area contributed by atoms with Crippen LogP contribution in [0, 0.1) is 17.7 Å². The predicted octanol–water partition coefficient (Wildman–Crippen LogP) is 3.78. The van der Waals surface area contributed by atoms with Crippen LogP contribution >= 0.6 is 0 Å². The van der Waals surface area contributed by atoms with Crippen LogP contribution in [-0.4, -0.2) is 59.2 Å². The summed E-state index contributed by atoms with van der Waals surface area (Å²) in [6.07, 6.45) is 0.957. The molecule has 1 aliphatic rings. The molecule has 186 valence electrons. The van der Waals surface area contributed by atoms with Crippen molar-refractivity contribution < 1.29 is 31.8 Å². The van der Waals surface area contributed by atoms with E-state index in [1.54, 1.807) is 0 Å². The summed E-state index contributed by atoms with van der Waals surface area (Å²) in [5, 5.41) is 2.59.